The molecule has 3 nitrogen and oxygen atoms in total. The van der Waals surface area contributed by atoms with Gasteiger partial charge in [0, 0.05) is 65.7 Å². The summed E-state index contributed by atoms with van der Waals surface area (Å²) in [6.07, 6.45) is 23.6. The fourth-order valence-electron chi connectivity index (χ4n) is 11.4. The molecular formula is C56H50N2OS. The summed E-state index contributed by atoms with van der Waals surface area (Å²) in [7, 11) is 0. The van der Waals surface area contributed by atoms with E-state index in [0.717, 1.165) is 39.4 Å². The van der Waals surface area contributed by atoms with Crippen molar-refractivity contribution in [3.8, 4) is 0 Å². The van der Waals surface area contributed by atoms with Crippen molar-refractivity contribution >= 4 is 71.1 Å². The minimum atomic E-state index is 0.135. The molecule has 2 saturated carbocycles. The van der Waals surface area contributed by atoms with Gasteiger partial charge in [0.2, 0.25) is 0 Å². The van der Waals surface area contributed by atoms with E-state index in [4.69, 9.17) is 0 Å². The molecule has 5 atom stereocenters. The monoisotopic (exact) mass is 798 g/mol. The smallest absolute Gasteiger partial charge is 0.195 e. The minimum absolute atomic E-state index is 0.135. The third-order valence-electron chi connectivity index (χ3n) is 14.4. The summed E-state index contributed by atoms with van der Waals surface area (Å²) in [6.45, 7) is 4.69. The van der Waals surface area contributed by atoms with Gasteiger partial charge in [-0.1, -0.05) is 91.9 Å². The van der Waals surface area contributed by atoms with Gasteiger partial charge in [0.15, 0.2) is 5.43 Å². The molecule has 0 radical (unpaired) electrons. The number of benzene rings is 5. The molecule has 0 amide bonds. The molecule has 2 aromatic heterocycles. The molecular weight excluding hydrogens is 749 g/mol. The lowest BCUT2D eigenvalue weighted by Gasteiger charge is -2.37. The van der Waals surface area contributed by atoms with Gasteiger partial charge in [-0.3, -0.25) is 4.79 Å². The van der Waals surface area contributed by atoms with Crippen molar-refractivity contribution in [3.05, 3.63) is 183 Å². The summed E-state index contributed by atoms with van der Waals surface area (Å²) in [5.41, 5.74) is 14.9. The summed E-state index contributed by atoms with van der Waals surface area (Å²) in [5, 5.41) is 2.97. The van der Waals surface area contributed by atoms with Gasteiger partial charge in [-0.2, -0.15) is 0 Å². The Morgan fingerprint density at radius 2 is 1.60 bits per heavy atom. The maximum absolute atomic E-state index is 14.0. The molecule has 5 aliphatic carbocycles. The second kappa shape index (κ2) is 13.9. The van der Waals surface area contributed by atoms with E-state index >= 15 is 0 Å². The molecule has 2 heterocycles. The van der Waals surface area contributed by atoms with E-state index in [1.165, 1.54) is 99.2 Å². The van der Waals surface area contributed by atoms with Crippen LogP contribution in [0.4, 0.5) is 11.4 Å². The third-order valence-corrected chi connectivity index (χ3v) is 15.5. The van der Waals surface area contributed by atoms with E-state index in [-0.39, 0.29) is 11.0 Å². The Labute approximate surface area is 356 Å². The van der Waals surface area contributed by atoms with Crippen molar-refractivity contribution in [2.24, 2.45) is 17.8 Å². The number of para-hydroxylation sites is 2. The molecule has 0 bridgehead atoms. The summed E-state index contributed by atoms with van der Waals surface area (Å²) in [4.78, 5) is 16.7. The van der Waals surface area contributed by atoms with E-state index in [9.17, 15) is 4.79 Å². The van der Waals surface area contributed by atoms with Crippen LogP contribution in [-0.4, -0.2) is 10.1 Å². The maximum atomic E-state index is 14.0. The van der Waals surface area contributed by atoms with Gasteiger partial charge in [-0.05, 0) is 159 Å². The number of anilines is 2. The molecule has 4 heteroatoms. The summed E-state index contributed by atoms with van der Waals surface area (Å²) < 4.78 is 4.70. The predicted molar refractivity (Wildman–Crippen MR) is 254 cm³/mol. The Bertz CT molecular complexity index is 3090. The molecule has 0 spiro atoms. The van der Waals surface area contributed by atoms with Crippen LogP contribution in [0.25, 0.3) is 48.4 Å². The molecule has 5 aromatic carbocycles. The Balaban J connectivity index is 0.876. The molecule has 60 heavy (non-hydrogen) atoms. The number of aromatic nitrogens is 1. The molecule has 5 unspecified atom stereocenters. The molecule has 0 aliphatic heterocycles. The number of aryl methyl sites for hydroxylation is 1. The van der Waals surface area contributed by atoms with Crippen molar-refractivity contribution in [2.45, 2.75) is 76.7 Å². The summed E-state index contributed by atoms with van der Waals surface area (Å²) in [6, 6.07) is 40.2. The zero-order chi connectivity index (χ0) is 40.1. The number of hydrogen-bond acceptors (Lipinski definition) is 3. The van der Waals surface area contributed by atoms with Gasteiger partial charge in [0.1, 0.15) is 0 Å². The quantitative estimate of drug-likeness (QED) is 0.119. The Kier molecular flexibility index (Phi) is 8.39. The Morgan fingerprint density at radius 1 is 0.800 bits per heavy atom. The average molecular weight is 799 g/mol. The molecule has 7 aromatic rings. The first-order valence-corrected chi connectivity index (χ1v) is 23.1. The van der Waals surface area contributed by atoms with Crippen LogP contribution in [0.2, 0.25) is 0 Å². The third kappa shape index (κ3) is 5.85. The predicted octanol–water partition coefficient (Wildman–Crippen LogP) is 14.4. The van der Waals surface area contributed by atoms with Crippen molar-refractivity contribution in [2.75, 3.05) is 4.90 Å². The largest absolute Gasteiger partial charge is 0.334 e. The molecule has 2 fully saturated rings. The van der Waals surface area contributed by atoms with Crippen molar-refractivity contribution in [1.29, 1.82) is 0 Å². The lowest BCUT2D eigenvalue weighted by molar-refractivity contribution is 0.447. The van der Waals surface area contributed by atoms with Crippen molar-refractivity contribution in [3.63, 3.8) is 0 Å². The van der Waals surface area contributed by atoms with Gasteiger partial charge in [0.05, 0.1) is 11.1 Å². The van der Waals surface area contributed by atoms with Gasteiger partial charge in [-0.15, -0.1) is 11.3 Å². The first-order chi connectivity index (χ1) is 29.4. The normalized spacial score (nSPS) is 24.0. The van der Waals surface area contributed by atoms with Crippen LogP contribution in [0.3, 0.4) is 0 Å². The first kappa shape index (κ1) is 36.2. The Morgan fingerprint density at radius 3 is 2.48 bits per heavy atom. The van der Waals surface area contributed by atoms with Crippen LogP contribution in [0.5, 0.6) is 0 Å². The molecule has 0 saturated heterocycles. The van der Waals surface area contributed by atoms with E-state index < -0.39 is 0 Å². The van der Waals surface area contributed by atoms with Crippen LogP contribution in [0.1, 0.15) is 91.3 Å². The van der Waals surface area contributed by atoms with Crippen LogP contribution in [0.15, 0.2) is 144 Å². The first-order valence-electron chi connectivity index (χ1n) is 22.3. The summed E-state index contributed by atoms with van der Waals surface area (Å²) in [5.74, 6) is 2.28. The van der Waals surface area contributed by atoms with E-state index in [0.29, 0.717) is 23.7 Å². The minimum Gasteiger partial charge on any atom is -0.334 e. The standard InChI is InChI=1S/C56H50N2OS/c1-35-13-12-14-40-34-56(40,33-35)58(42-17-8-5-9-18-42)50-26-22-37(27-36(50)2)28-38-21-24-44-52(29-38)60-53-30-39(23-25-45(53)55(44)59)46-31-48-43-19-10-11-20-51(43)57(54(48)49-32-47(46)49)41-15-6-3-4-7-16-41/h5-6,8-12,14-27,29-31,35,40,47,49H,3-4,7,13,28,32-34H2,1-2H3. The van der Waals surface area contributed by atoms with Gasteiger partial charge >= 0.3 is 0 Å². The fraction of sp³-hybridized carbons (Fsp3) is 0.268. The van der Waals surface area contributed by atoms with E-state index in [1.54, 1.807) is 11.3 Å². The molecule has 0 N–H and O–H groups in total. The highest BCUT2D eigenvalue weighted by Crippen LogP contribution is 2.62. The molecule has 5 aliphatic rings. The van der Waals surface area contributed by atoms with Crippen LogP contribution < -0.4 is 10.3 Å². The number of rotatable bonds is 7. The van der Waals surface area contributed by atoms with E-state index in [2.05, 4.69) is 169 Å². The number of hydrogen-bond donors (Lipinski definition) is 0. The Hall–Kier alpha value is -5.71. The highest BCUT2D eigenvalue weighted by atomic mass is 32.1. The van der Waals surface area contributed by atoms with Crippen LogP contribution in [0, 0.1) is 24.7 Å². The second-order valence-electron chi connectivity index (χ2n) is 18.5. The fourth-order valence-corrected chi connectivity index (χ4v) is 12.6. The number of nitrogens with zero attached hydrogens (tertiary/aromatic N) is 2. The zero-order valence-electron chi connectivity index (χ0n) is 34.5. The lowest BCUT2D eigenvalue weighted by atomic mass is 9.91. The topological polar surface area (TPSA) is 25.2 Å². The van der Waals surface area contributed by atoms with Crippen LogP contribution in [-0.2, 0) is 6.42 Å². The second-order valence-corrected chi connectivity index (χ2v) is 19.6. The number of fused-ring (bicyclic) bond motifs is 8. The van der Waals surface area contributed by atoms with Crippen LogP contribution >= 0.6 is 11.3 Å². The number of allylic oxidation sites excluding steroid dienone is 6. The summed E-state index contributed by atoms with van der Waals surface area (Å²) >= 11 is 1.77. The average Bonchev–Trinajstić information content (AvgIpc) is 4.18. The van der Waals surface area contributed by atoms with Crippen molar-refractivity contribution in [1.82, 2.24) is 4.57 Å². The van der Waals surface area contributed by atoms with Gasteiger partial charge in [-0.25, -0.2) is 0 Å². The van der Waals surface area contributed by atoms with Gasteiger partial charge in [0.25, 0.3) is 0 Å². The highest BCUT2D eigenvalue weighted by molar-refractivity contribution is 7.24. The lowest BCUT2D eigenvalue weighted by Crippen LogP contribution is -2.37. The maximum Gasteiger partial charge on any atom is 0.195 e. The molecule has 12 rings (SSSR count). The van der Waals surface area contributed by atoms with E-state index in [1.807, 2.05) is 0 Å². The van der Waals surface area contributed by atoms with Gasteiger partial charge < -0.3 is 9.47 Å². The zero-order valence-corrected chi connectivity index (χ0v) is 35.4. The SMILES string of the molecule is Cc1cc(Cc2ccc3c(=O)c4ccc(C5=Cc6c(n(C7=CCCCC=C7)c7ccccc67)C6CC56)cc4sc3c2)ccc1N(c1ccccc1)C12CC(C)CC=CC1C2. The highest BCUT2D eigenvalue weighted by Gasteiger charge is 2.58. The van der Waals surface area contributed by atoms with Crippen molar-refractivity contribution < 1.29 is 0 Å². The molecule has 296 valence electrons.